The Morgan fingerprint density at radius 2 is 1.56 bits per heavy atom. The predicted octanol–water partition coefficient (Wildman–Crippen LogP) is 5.56. The summed E-state index contributed by atoms with van der Waals surface area (Å²) < 4.78 is -1.26. The maximum absolute atomic E-state index is 5.61. The molecule has 0 aromatic rings. The summed E-state index contributed by atoms with van der Waals surface area (Å²) in [7, 11) is 3.55. The van der Waals surface area contributed by atoms with Crippen LogP contribution in [0.4, 0.5) is 0 Å². The fourth-order valence-corrected chi connectivity index (χ4v) is 3.52. The lowest BCUT2D eigenvalue weighted by atomic mass is 10.1. The van der Waals surface area contributed by atoms with E-state index in [1.54, 1.807) is 21.6 Å². The largest absolute Gasteiger partial charge is 0.252 e. The van der Waals surface area contributed by atoms with Gasteiger partial charge in [-0.3, -0.25) is 0 Å². The molecule has 16 heavy (non-hydrogen) atoms. The van der Waals surface area contributed by atoms with Crippen molar-refractivity contribution in [3.05, 3.63) is 0 Å². The highest BCUT2D eigenvalue weighted by atomic mass is 35.6. The molecule has 0 nitrogen and oxygen atoms in total. The van der Waals surface area contributed by atoms with Crippen molar-refractivity contribution >= 4 is 56.4 Å². The number of rotatable bonds is 3. The lowest BCUT2D eigenvalue weighted by molar-refractivity contribution is 0.691. The Bertz CT molecular complexity index is 266. The minimum atomic E-state index is -1.47. The minimum absolute atomic E-state index is 0.180. The third kappa shape index (κ3) is 10.3. The molecule has 0 heterocycles. The predicted molar refractivity (Wildman–Crippen MR) is 81.6 cm³/mol. The first kappa shape index (κ1) is 17.1. The van der Waals surface area contributed by atoms with Crippen LogP contribution in [0, 0.1) is 17.8 Å². The molecule has 0 bridgehead atoms. The van der Waals surface area contributed by atoms with Crippen LogP contribution in [0.2, 0.25) is 0 Å². The van der Waals surface area contributed by atoms with E-state index in [0.29, 0.717) is 5.92 Å². The van der Waals surface area contributed by atoms with Crippen LogP contribution in [-0.4, -0.2) is 13.8 Å². The summed E-state index contributed by atoms with van der Waals surface area (Å²) in [5.74, 6) is 6.11. The van der Waals surface area contributed by atoms with Crippen molar-refractivity contribution in [3.8, 4) is 11.8 Å². The molecule has 0 saturated carbocycles. The number of alkyl halides is 3. The van der Waals surface area contributed by atoms with Gasteiger partial charge in [0.15, 0.2) is 0 Å². The fourth-order valence-electron chi connectivity index (χ4n) is 0.651. The first-order valence-electron chi connectivity index (χ1n) is 4.95. The lowest BCUT2D eigenvalue weighted by Gasteiger charge is -2.21. The molecule has 0 spiro atoms. The Morgan fingerprint density at radius 3 is 1.88 bits per heavy atom. The molecule has 0 radical (unpaired) electrons. The molecule has 0 aliphatic heterocycles. The van der Waals surface area contributed by atoms with Crippen molar-refractivity contribution in [1.82, 2.24) is 0 Å². The van der Waals surface area contributed by atoms with Crippen LogP contribution < -0.4 is 0 Å². The maximum Gasteiger partial charge on any atom is 0.252 e. The van der Waals surface area contributed by atoms with Crippen LogP contribution in [-0.2, 0) is 0 Å². The van der Waals surface area contributed by atoms with Crippen LogP contribution in [0.25, 0.3) is 0 Å². The highest BCUT2D eigenvalue weighted by Crippen LogP contribution is 2.40. The molecule has 94 valence electrons. The summed E-state index contributed by atoms with van der Waals surface area (Å²) in [4.78, 5) is 0. The van der Waals surface area contributed by atoms with Crippen molar-refractivity contribution in [3.63, 3.8) is 0 Å². The lowest BCUT2D eigenvalue weighted by Crippen LogP contribution is -2.12. The summed E-state index contributed by atoms with van der Waals surface area (Å²) in [6, 6.07) is 0. The van der Waals surface area contributed by atoms with E-state index >= 15 is 0 Å². The highest BCUT2D eigenvalue weighted by molar-refractivity contribution is 8.77. The first-order chi connectivity index (χ1) is 7.01. The van der Waals surface area contributed by atoms with E-state index in [-0.39, 0.29) is 10.00 Å². The second-order valence-electron chi connectivity index (χ2n) is 4.72. The van der Waals surface area contributed by atoms with Gasteiger partial charge in [0.25, 0.3) is 3.79 Å². The Labute approximate surface area is 122 Å². The van der Waals surface area contributed by atoms with E-state index in [0.717, 1.165) is 0 Å². The van der Waals surface area contributed by atoms with Gasteiger partial charge in [-0.25, -0.2) is 0 Å². The molecule has 0 amide bonds. The van der Waals surface area contributed by atoms with Gasteiger partial charge >= 0.3 is 0 Å². The zero-order valence-electron chi connectivity index (χ0n) is 10.1. The fraction of sp³-hybridized carbons (Fsp3) is 0.818. The van der Waals surface area contributed by atoms with Gasteiger partial charge in [0.05, 0.1) is 5.25 Å². The van der Waals surface area contributed by atoms with Crippen molar-refractivity contribution in [2.45, 2.75) is 48.4 Å². The first-order valence-corrected chi connectivity index (χ1v) is 8.30. The number of hydrogen-bond acceptors (Lipinski definition) is 2. The molecule has 0 aromatic heterocycles. The maximum atomic E-state index is 5.61. The van der Waals surface area contributed by atoms with Gasteiger partial charge in [0, 0.05) is 4.75 Å². The summed E-state index contributed by atoms with van der Waals surface area (Å²) in [6.07, 6.45) is 0. The van der Waals surface area contributed by atoms with Gasteiger partial charge in [-0.05, 0) is 11.8 Å². The van der Waals surface area contributed by atoms with Gasteiger partial charge in [-0.15, -0.1) is 0 Å². The van der Waals surface area contributed by atoms with Crippen molar-refractivity contribution < 1.29 is 0 Å². The molecule has 1 atom stereocenters. The zero-order chi connectivity index (χ0) is 13.0. The van der Waals surface area contributed by atoms with E-state index < -0.39 is 3.79 Å². The number of halogens is 3. The monoisotopic (exact) mass is 318 g/mol. The topological polar surface area (TPSA) is 0 Å². The van der Waals surface area contributed by atoms with Crippen molar-refractivity contribution in [2.24, 2.45) is 5.92 Å². The Kier molecular flexibility index (Phi) is 7.39. The number of hydrogen-bond donors (Lipinski definition) is 0. The van der Waals surface area contributed by atoms with Gasteiger partial charge in [-0.2, -0.15) is 0 Å². The molecule has 0 fully saturated rings. The Balaban J connectivity index is 4.46. The normalized spacial score (nSPS) is 14.6. The molecule has 1 unspecified atom stereocenters. The van der Waals surface area contributed by atoms with Gasteiger partial charge in [0.2, 0.25) is 0 Å². The van der Waals surface area contributed by atoms with Crippen molar-refractivity contribution in [2.75, 3.05) is 0 Å². The summed E-state index contributed by atoms with van der Waals surface area (Å²) in [5, 5.41) is 0.180. The van der Waals surface area contributed by atoms with E-state index in [2.05, 4.69) is 46.5 Å². The van der Waals surface area contributed by atoms with Gasteiger partial charge < -0.3 is 0 Å². The van der Waals surface area contributed by atoms with Crippen LogP contribution >= 0.6 is 56.4 Å². The molecular formula is C11H17Cl3S2. The highest BCUT2D eigenvalue weighted by Gasteiger charge is 2.20. The third-order valence-electron chi connectivity index (χ3n) is 1.36. The minimum Gasteiger partial charge on any atom is -0.0869 e. The SMILES string of the molecule is CC(C)C(C#CC(Cl)(Cl)Cl)SSC(C)(C)C. The van der Waals surface area contributed by atoms with Crippen molar-refractivity contribution in [1.29, 1.82) is 0 Å². The second kappa shape index (κ2) is 6.90. The van der Waals surface area contributed by atoms with Gasteiger partial charge in [0.1, 0.15) is 0 Å². The molecule has 0 aromatic carbocycles. The standard InChI is InChI=1S/C11H17Cl3S2/c1-8(2)9(6-7-11(12,13)14)15-16-10(3,4)5/h8-9H,1-5H3. The molecule has 0 aliphatic rings. The van der Waals surface area contributed by atoms with Crippen LogP contribution in [0.5, 0.6) is 0 Å². The average Bonchev–Trinajstić information content (AvgIpc) is 1.98. The van der Waals surface area contributed by atoms with E-state index in [1.165, 1.54) is 0 Å². The van der Waals surface area contributed by atoms with Crippen LogP contribution in [0.3, 0.4) is 0 Å². The Morgan fingerprint density at radius 1 is 1.06 bits per heavy atom. The second-order valence-corrected chi connectivity index (χ2v) is 10.2. The summed E-state index contributed by atoms with van der Waals surface area (Å²) in [5.41, 5.74) is 0. The molecule has 0 N–H and O–H groups in total. The molecule has 5 heteroatoms. The Hall–Kier alpha value is 1.13. The van der Waals surface area contributed by atoms with E-state index in [1.807, 2.05) is 0 Å². The van der Waals surface area contributed by atoms with E-state index in [9.17, 15) is 0 Å². The van der Waals surface area contributed by atoms with E-state index in [4.69, 9.17) is 34.8 Å². The molecular weight excluding hydrogens is 303 g/mol. The zero-order valence-corrected chi connectivity index (χ0v) is 14.0. The van der Waals surface area contributed by atoms with Crippen LogP contribution in [0.1, 0.15) is 34.6 Å². The molecule has 0 saturated heterocycles. The third-order valence-corrected chi connectivity index (χ3v) is 5.52. The van der Waals surface area contributed by atoms with Crippen LogP contribution in [0.15, 0.2) is 0 Å². The quantitative estimate of drug-likeness (QED) is 0.379. The molecule has 0 rings (SSSR count). The smallest absolute Gasteiger partial charge is 0.0869 e. The summed E-state index contributed by atoms with van der Waals surface area (Å²) >= 11 is 16.8. The summed E-state index contributed by atoms with van der Waals surface area (Å²) in [6.45, 7) is 10.8. The van der Waals surface area contributed by atoms with Gasteiger partial charge in [-0.1, -0.05) is 96.9 Å². The average molecular weight is 320 g/mol. The molecule has 0 aliphatic carbocycles.